The Labute approximate surface area is 149 Å². The Morgan fingerprint density at radius 2 is 1.84 bits per heavy atom. The van der Waals surface area contributed by atoms with Crippen LogP contribution < -0.4 is 0 Å². The molecule has 130 valence electrons. The van der Waals surface area contributed by atoms with Gasteiger partial charge in [-0.15, -0.1) is 11.3 Å². The molecule has 25 heavy (non-hydrogen) atoms. The fourth-order valence-corrected chi connectivity index (χ4v) is 5.09. The van der Waals surface area contributed by atoms with Crippen molar-refractivity contribution in [3.05, 3.63) is 52.9 Å². The molecule has 0 radical (unpaired) electrons. The molecule has 0 bridgehead atoms. The Morgan fingerprint density at radius 1 is 1.08 bits per heavy atom. The van der Waals surface area contributed by atoms with Gasteiger partial charge >= 0.3 is 0 Å². The Kier molecular flexibility index (Phi) is 4.53. The first-order chi connectivity index (χ1) is 11.8. The third kappa shape index (κ3) is 3.67. The summed E-state index contributed by atoms with van der Waals surface area (Å²) in [5.41, 5.74) is 1.12. The molecular weight excluding hydrogens is 360 g/mol. The van der Waals surface area contributed by atoms with Gasteiger partial charge in [-0.2, -0.15) is 0 Å². The maximum Gasteiger partial charge on any atom is 0.182 e. The molecule has 0 aliphatic carbocycles. The lowest BCUT2D eigenvalue weighted by molar-refractivity contribution is -0.116. The van der Waals surface area contributed by atoms with E-state index in [4.69, 9.17) is 0 Å². The first-order valence-electron chi connectivity index (χ1n) is 7.49. The minimum atomic E-state index is -3.66. The number of benzene rings is 2. The van der Waals surface area contributed by atoms with E-state index in [9.17, 15) is 23.4 Å². The van der Waals surface area contributed by atoms with Gasteiger partial charge in [0.25, 0.3) is 0 Å². The maximum absolute atomic E-state index is 12.6. The number of aromatic hydroxyl groups is 2. The predicted octanol–water partition coefficient (Wildman–Crippen LogP) is 3.42. The van der Waals surface area contributed by atoms with Gasteiger partial charge < -0.3 is 10.2 Å². The van der Waals surface area contributed by atoms with Crippen LogP contribution in [-0.2, 0) is 26.8 Å². The molecule has 3 aromatic rings. The van der Waals surface area contributed by atoms with Crippen molar-refractivity contribution >= 4 is 37.0 Å². The molecule has 3 rings (SSSR count). The number of phenols is 2. The van der Waals surface area contributed by atoms with E-state index in [1.165, 1.54) is 36.5 Å². The highest BCUT2D eigenvalue weighted by Gasteiger charge is 2.19. The molecule has 0 saturated carbocycles. The van der Waals surface area contributed by atoms with Gasteiger partial charge in [-0.05, 0) is 41.5 Å². The molecule has 2 aromatic carbocycles. The Bertz CT molecular complexity index is 1060. The van der Waals surface area contributed by atoms with Gasteiger partial charge in [0.15, 0.2) is 9.84 Å². The number of sulfone groups is 1. The molecule has 0 aliphatic heterocycles. The lowest BCUT2D eigenvalue weighted by Gasteiger charge is -2.07. The van der Waals surface area contributed by atoms with E-state index in [0.29, 0.717) is 6.42 Å². The maximum atomic E-state index is 12.6. The van der Waals surface area contributed by atoms with Gasteiger partial charge in [-0.25, -0.2) is 8.42 Å². The standard InChI is InChI=1S/C18H16O5S2/c1-11(19)6-13-9-24-18-8-15(4-5-16(13)18)25(22,23)10-12-2-3-14(20)7-17(12)21/h2-5,7-9,20-21H,6,10H2,1H3. The van der Waals surface area contributed by atoms with Crippen LogP contribution >= 0.6 is 11.3 Å². The van der Waals surface area contributed by atoms with Crippen molar-refractivity contribution < 1.29 is 23.4 Å². The summed E-state index contributed by atoms with van der Waals surface area (Å²) in [6, 6.07) is 8.66. The van der Waals surface area contributed by atoms with Gasteiger partial charge in [0.2, 0.25) is 0 Å². The van der Waals surface area contributed by atoms with Gasteiger partial charge in [0.1, 0.15) is 17.3 Å². The Balaban J connectivity index is 1.95. The van der Waals surface area contributed by atoms with E-state index < -0.39 is 9.84 Å². The summed E-state index contributed by atoms with van der Waals surface area (Å²) in [4.78, 5) is 11.5. The molecule has 1 aromatic heterocycles. The zero-order chi connectivity index (χ0) is 18.2. The second-order valence-electron chi connectivity index (χ2n) is 5.87. The van der Waals surface area contributed by atoms with Crippen LogP contribution in [-0.4, -0.2) is 24.4 Å². The molecule has 0 aliphatic rings. The minimum absolute atomic E-state index is 0.0548. The minimum Gasteiger partial charge on any atom is -0.508 e. The Morgan fingerprint density at radius 3 is 2.52 bits per heavy atom. The lowest BCUT2D eigenvalue weighted by atomic mass is 10.1. The molecule has 0 atom stereocenters. The SMILES string of the molecule is CC(=O)Cc1csc2cc(S(=O)(=O)Cc3ccc(O)cc3O)ccc12. The zero-order valence-electron chi connectivity index (χ0n) is 13.4. The molecule has 0 amide bonds. The van der Waals surface area contributed by atoms with Crippen molar-refractivity contribution in [3.8, 4) is 11.5 Å². The summed E-state index contributed by atoms with van der Waals surface area (Å²) in [6.45, 7) is 1.52. The predicted molar refractivity (Wildman–Crippen MR) is 96.9 cm³/mol. The number of rotatable bonds is 5. The fraction of sp³-hybridized carbons (Fsp3) is 0.167. The van der Waals surface area contributed by atoms with Crippen LogP contribution in [0.2, 0.25) is 0 Å². The van der Waals surface area contributed by atoms with Gasteiger partial charge in [0.05, 0.1) is 10.6 Å². The number of hydrogen-bond acceptors (Lipinski definition) is 6. The average molecular weight is 376 g/mol. The fourth-order valence-electron chi connectivity index (χ4n) is 2.62. The van der Waals surface area contributed by atoms with Crippen LogP contribution in [0.1, 0.15) is 18.1 Å². The van der Waals surface area contributed by atoms with E-state index in [0.717, 1.165) is 21.7 Å². The van der Waals surface area contributed by atoms with Crippen LogP contribution in [0.3, 0.4) is 0 Å². The number of Topliss-reactive ketones (excluding diaryl/α,β-unsaturated/α-hetero) is 1. The van der Waals surface area contributed by atoms with Crippen LogP contribution in [0, 0.1) is 0 Å². The van der Waals surface area contributed by atoms with Gasteiger partial charge in [0, 0.05) is 22.8 Å². The third-order valence-corrected chi connectivity index (χ3v) is 6.50. The van der Waals surface area contributed by atoms with Crippen LogP contribution in [0.15, 0.2) is 46.7 Å². The van der Waals surface area contributed by atoms with Crippen LogP contribution in [0.5, 0.6) is 11.5 Å². The highest BCUT2D eigenvalue weighted by molar-refractivity contribution is 7.90. The molecule has 0 spiro atoms. The normalized spacial score (nSPS) is 11.7. The van der Waals surface area contributed by atoms with Crippen molar-refractivity contribution in [2.75, 3.05) is 0 Å². The molecule has 2 N–H and O–H groups in total. The Hall–Kier alpha value is -2.38. The van der Waals surface area contributed by atoms with E-state index in [2.05, 4.69) is 0 Å². The monoisotopic (exact) mass is 376 g/mol. The number of thiophene rings is 1. The smallest absolute Gasteiger partial charge is 0.182 e. The molecular formula is C18H16O5S2. The zero-order valence-corrected chi connectivity index (χ0v) is 15.0. The topological polar surface area (TPSA) is 91.7 Å². The van der Waals surface area contributed by atoms with Crippen molar-refractivity contribution in [2.24, 2.45) is 0 Å². The largest absolute Gasteiger partial charge is 0.508 e. The number of carbonyl (C=O) groups is 1. The molecule has 0 unspecified atom stereocenters. The molecule has 1 heterocycles. The number of hydrogen-bond donors (Lipinski definition) is 2. The van der Waals surface area contributed by atoms with Gasteiger partial charge in [-0.3, -0.25) is 4.79 Å². The average Bonchev–Trinajstić information content (AvgIpc) is 2.92. The summed E-state index contributed by atoms with van der Waals surface area (Å²) in [5, 5.41) is 21.9. The summed E-state index contributed by atoms with van der Waals surface area (Å²) in [7, 11) is -3.66. The molecule has 0 fully saturated rings. The number of carbonyl (C=O) groups excluding carboxylic acids is 1. The summed E-state index contributed by atoms with van der Waals surface area (Å²) >= 11 is 1.40. The third-order valence-electron chi connectivity index (χ3n) is 3.84. The van der Waals surface area contributed by atoms with Crippen molar-refractivity contribution in [2.45, 2.75) is 24.0 Å². The van der Waals surface area contributed by atoms with Gasteiger partial charge in [-0.1, -0.05) is 12.1 Å². The second kappa shape index (κ2) is 6.50. The summed E-state index contributed by atoms with van der Waals surface area (Å²) < 4.78 is 26.1. The van der Waals surface area contributed by atoms with E-state index in [1.807, 2.05) is 5.38 Å². The second-order valence-corrected chi connectivity index (χ2v) is 8.77. The summed E-state index contributed by atoms with van der Waals surface area (Å²) in [6.07, 6.45) is 0.327. The first-order valence-corrected chi connectivity index (χ1v) is 10.0. The van der Waals surface area contributed by atoms with E-state index in [-0.39, 0.29) is 33.5 Å². The van der Waals surface area contributed by atoms with E-state index >= 15 is 0 Å². The van der Waals surface area contributed by atoms with E-state index in [1.54, 1.807) is 12.1 Å². The molecule has 0 saturated heterocycles. The number of ketones is 1. The quantitative estimate of drug-likeness (QED) is 0.712. The first kappa shape index (κ1) is 17.4. The van der Waals surface area contributed by atoms with Crippen LogP contribution in [0.25, 0.3) is 10.1 Å². The molecule has 5 nitrogen and oxygen atoms in total. The molecule has 7 heteroatoms. The lowest BCUT2D eigenvalue weighted by Crippen LogP contribution is -2.05. The van der Waals surface area contributed by atoms with Crippen molar-refractivity contribution in [3.63, 3.8) is 0 Å². The van der Waals surface area contributed by atoms with Crippen LogP contribution in [0.4, 0.5) is 0 Å². The highest BCUT2D eigenvalue weighted by Crippen LogP contribution is 2.31. The van der Waals surface area contributed by atoms with Crippen molar-refractivity contribution in [1.82, 2.24) is 0 Å². The number of phenolic OH excluding ortho intramolecular Hbond substituents is 2. The number of fused-ring (bicyclic) bond motifs is 1. The van der Waals surface area contributed by atoms with Crippen molar-refractivity contribution in [1.29, 1.82) is 0 Å². The highest BCUT2D eigenvalue weighted by atomic mass is 32.2. The summed E-state index contributed by atoms with van der Waals surface area (Å²) in [5.74, 6) is -0.698.